The van der Waals surface area contributed by atoms with E-state index >= 15 is 0 Å². The Morgan fingerprint density at radius 1 is 1.00 bits per heavy atom. The Morgan fingerprint density at radius 3 is 2.40 bits per heavy atom. The van der Waals surface area contributed by atoms with E-state index in [-0.39, 0.29) is 5.41 Å². The summed E-state index contributed by atoms with van der Waals surface area (Å²) in [7, 11) is 0. The van der Waals surface area contributed by atoms with Gasteiger partial charge in [-0.25, -0.2) is 4.98 Å². The predicted octanol–water partition coefficient (Wildman–Crippen LogP) is 2.69. The van der Waals surface area contributed by atoms with Crippen molar-refractivity contribution in [3.8, 4) is 5.75 Å². The molecule has 0 radical (unpaired) electrons. The third kappa shape index (κ3) is 5.82. The zero-order valence-electron chi connectivity index (χ0n) is 20.2. The summed E-state index contributed by atoms with van der Waals surface area (Å²) in [6, 6.07) is 15.9. The maximum absolute atomic E-state index is 10.5. The Kier molecular flexibility index (Phi) is 8.05. The van der Waals surface area contributed by atoms with Gasteiger partial charge < -0.3 is 34.5 Å². The molecule has 0 bridgehead atoms. The van der Waals surface area contributed by atoms with E-state index in [4.69, 9.17) is 14.5 Å². The molecule has 0 aliphatic carbocycles. The van der Waals surface area contributed by atoms with Crippen LogP contribution in [0.15, 0.2) is 53.7 Å². The first-order valence-corrected chi connectivity index (χ1v) is 12.7. The molecule has 1 aromatic heterocycles. The molecular weight excluding hydrogens is 468 g/mol. The van der Waals surface area contributed by atoms with Crippen LogP contribution in [0.3, 0.4) is 0 Å². The summed E-state index contributed by atoms with van der Waals surface area (Å²) in [5.74, 6) is 0.824. The highest BCUT2D eigenvalue weighted by atomic mass is 32.2. The first-order valence-electron chi connectivity index (χ1n) is 11.8. The molecule has 5 unspecified atom stereocenters. The number of ether oxygens (including phenoxy) is 2. The number of hydrogen-bond donors (Lipinski definition) is 4. The van der Waals surface area contributed by atoms with Crippen LogP contribution in [0.5, 0.6) is 5.75 Å². The van der Waals surface area contributed by atoms with E-state index in [9.17, 15) is 20.4 Å². The third-order valence-corrected chi connectivity index (χ3v) is 7.35. The van der Waals surface area contributed by atoms with Crippen molar-refractivity contribution in [2.75, 3.05) is 13.2 Å². The molecule has 3 aromatic rings. The molecular formula is C26H34N2O6S. The molecule has 1 aliphatic heterocycles. The fraction of sp³-hybridized carbons (Fsp3) is 0.500. The van der Waals surface area contributed by atoms with Gasteiger partial charge in [-0.3, -0.25) is 0 Å². The van der Waals surface area contributed by atoms with Crippen molar-refractivity contribution in [3.63, 3.8) is 0 Å². The van der Waals surface area contributed by atoms with Crippen LogP contribution in [0.4, 0.5) is 0 Å². The normalized spacial score (nSPS) is 25.2. The summed E-state index contributed by atoms with van der Waals surface area (Å²) >= 11 is 1.16. The number of nitrogens with zero attached hydrogens (tertiary/aromatic N) is 2. The predicted molar refractivity (Wildman–Crippen MR) is 135 cm³/mol. The Morgan fingerprint density at radius 2 is 1.71 bits per heavy atom. The fourth-order valence-corrected chi connectivity index (χ4v) is 5.27. The number of benzene rings is 2. The monoisotopic (exact) mass is 502 g/mol. The van der Waals surface area contributed by atoms with E-state index in [1.807, 2.05) is 41.0 Å². The van der Waals surface area contributed by atoms with Gasteiger partial charge in [0.05, 0.1) is 24.2 Å². The lowest BCUT2D eigenvalue weighted by Crippen LogP contribution is -2.57. The van der Waals surface area contributed by atoms with Crippen molar-refractivity contribution in [3.05, 3.63) is 54.1 Å². The molecule has 8 nitrogen and oxygen atoms in total. The molecule has 35 heavy (non-hydrogen) atoms. The van der Waals surface area contributed by atoms with Crippen molar-refractivity contribution in [1.29, 1.82) is 0 Å². The molecule has 0 spiro atoms. The largest absolute Gasteiger partial charge is 0.494 e. The van der Waals surface area contributed by atoms with Crippen LogP contribution >= 0.6 is 11.8 Å². The molecule has 5 atom stereocenters. The van der Waals surface area contributed by atoms with Crippen molar-refractivity contribution in [2.45, 2.75) is 74.2 Å². The maximum Gasteiger partial charge on any atom is 0.171 e. The van der Waals surface area contributed by atoms with Crippen LogP contribution in [-0.4, -0.2) is 73.0 Å². The summed E-state index contributed by atoms with van der Waals surface area (Å²) in [5, 5.41) is 40.8. The summed E-state index contributed by atoms with van der Waals surface area (Å²) in [6.45, 7) is 7.21. The second-order valence-electron chi connectivity index (χ2n) is 9.83. The number of imidazole rings is 1. The molecule has 1 aliphatic rings. The van der Waals surface area contributed by atoms with Gasteiger partial charge in [0, 0.05) is 6.54 Å². The first kappa shape index (κ1) is 25.9. The average Bonchev–Trinajstić information content (AvgIpc) is 3.19. The zero-order valence-corrected chi connectivity index (χ0v) is 21.1. The van der Waals surface area contributed by atoms with Gasteiger partial charge in [0.25, 0.3) is 0 Å². The van der Waals surface area contributed by atoms with Gasteiger partial charge in [-0.05, 0) is 41.7 Å². The molecule has 1 fully saturated rings. The van der Waals surface area contributed by atoms with Gasteiger partial charge in [-0.2, -0.15) is 0 Å². The summed E-state index contributed by atoms with van der Waals surface area (Å²) in [5.41, 5.74) is 2.20. The van der Waals surface area contributed by atoms with E-state index in [2.05, 4.69) is 32.9 Å². The van der Waals surface area contributed by atoms with E-state index in [0.29, 0.717) is 18.3 Å². The van der Waals surface area contributed by atoms with E-state index in [1.165, 1.54) is 5.56 Å². The minimum atomic E-state index is -1.42. The number of rotatable bonds is 8. The number of fused-ring (bicyclic) bond motifs is 1. The smallest absolute Gasteiger partial charge is 0.171 e. The van der Waals surface area contributed by atoms with Crippen LogP contribution < -0.4 is 4.74 Å². The number of aliphatic hydroxyl groups excluding tert-OH is 4. The standard InChI is InChI=1S/C26H34N2O6S/c1-26(2,3)16-9-11-17(12-10-16)33-14-6-13-28-19-8-5-4-7-18(19)27-25(28)35-24-23(32)22(31)21(30)20(15-29)34-24/h4-5,7-12,20-24,29-32H,6,13-15H2,1-3H3. The van der Waals surface area contributed by atoms with Gasteiger partial charge in [-0.1, -0.05) is 56.8 Å². The number of para-hydroxylation sites is 2. The molecule has 2 heterocycles. The molecule has 4 N–H and O–H groups in total. The molecule has 2 aromatic carbocycles. The molecule has 1 saturated heterocycles. The number of aliphatic hydroxyl groups is 4. The van der Waals surface area contributed by atoms with Gasteiger partial charge in [-0.15, -0.1) is 0 Å². The highest BCUT2D eigenvalue weighted by molar-refractivity contribution is 7.99. The Balaban J connectivity index is 1.44. The highest BCUT2D eigenvalue weighted by Gasteiger charge is 2.44. The van der Waals surface area contributed by atoms with E-state index in [0.717, 1.165) is 35.0 Å². The topological polar surface area (TPSA) is 117 Å². The number of aryl methyl sites for hydroxylation is 1. The van der Waals surface area contributed by atoms with Crippen LogP contribution in [0.1, 0.15) is 32.8 Å². The Hall–Kier alpha value is -2.14. The molecule has 9 heteroatoms. The lowest BCUT2D eigenvalue weighted by atomic mass is 9.87. The molecule has 190 valence electrons. The summed E-state index contributed by atoms with van der Waals surface area (Å²) in [4.78, 5) is 4.69. The highest BCUT2D eigenvalue weighted by Crippen LogP contribution is 2.34. The minimum Gasteiger partial charge on any atom is -0.494 e. The zero-order chi connectivity index (χ0) is 25.2. The summed E-state index contributed by atoms with van der Waals surface area (Å²) < 4.78 is 13.7. The molecule has 0 amide bonds. The van der Waals surface area contributed by atoms with Gasteiger partial charge in [0.15, 0.2) is 5.16 Å². The second kappa shape index (κ2) is 10.9. The van der Waals surface area contributed by atoms with Crippen LogP contribution in [0.2, 0.25) is 0 Å². The van der Waals surface area contributed by atoms with Gasteiger partial charge in [0.2, 0.25) is 0 Å². The molecule has 0 saturated carbocycles. The van der Waals surface area contributed by atoms with Crippen molar-refractivity contribution >= 4 is 22.8 Å². The number of thioether (sulfide) groups is 1. The number of hydrogen-bond acceptors (Lipinski definition) is 8. The fourth-order valence-electron chi connectivity index (χ4n) is 4.09. The Labute approximate surface area is 209 Å². The van der Waals surface area contributed by atoms with Gasteiger partial charge in [0.1, 0.15) is 35.6 Å². The molecule has 4 rings (SSSR count). The third-order valence-electron chi connectivity index (χ3n) is 6.20. The number of aromatic nitrogens is 2. The van der Waals surface area contributed by atoms with Crippen molar-refractivity contribution in [1.82, 2.24) is 9.55 Å². The minimum absolute atomic E-state index is 0.0933. The van der Waals surface area contributed by atoms with Crippen LogP contribution in [-0.2, 0) is 16.7 Å². The SMILES string of the molecule is CC(C)(C)c1ccc(OCCCn2c(SC3OC(CO)C(O)C(O)C3O)nc3ccccc32)cc1. The second-order valence-corrected chi connectivity index (χ2v) is 10.9. The van der Waals surface area contributed by atoms with E-state index in [1.54, 1.807) is 0 Å². The first-order chi connectivity index (χ1) is 16.7. The van der Waals surface area contributed by atoms with Crippen molar-refractivity contribution < 1.29 is 29.9 Å². The van der Waals surface area contributed by atoms with Gasteiger partial charge >= 0.3 is 0 Å². The lowest BCUT2D eigenvalue weighted by molar-refractivity contribution is -0.205. The van der Waals surface area contributed by atoms with Crippen LogP contribution in [0, 0.1) is 0 Å². The maximum atomic E-state index is 10.5. The Bertz CT molecular complexity index is 1110. The average molecular weight is 503 g/mol. The van der Waals surface area contributed by atoms with Crippen molar-refractivity contribution in [2.24, 2.45) is 0 Å². The van der Waals surface area contributed by atoms with E-state index < -0.39 is 36.5 Å². The quantitative estimate of drug-likeness (QED) is 0.348. The lowest BCUT2D eigenvalue weighted by Gasteiger charge is -2.39. The van der Waals surface area contributed by atoms with Crippen LogP contribution in [0.25, 0.3) is 11.0 Å². The summed E-state index contributed by atoms with van der Waals surface area (Å²) in [6.07, 6.45) is -4.37.